The first-order valence-electron chi connectivity index (χ1n) is 8.40. The molecule has 1 aliphatic carbocycles. The minimum Gasteiger partial charge on any atom is -0.441 e. The number of hydrogen-bond donors (Lipinski definition) is 2. The predicted molar refractivity (Wildman–Crippen MR) is 81.2 cm³/mol. The molecule has 130 valence electrons. The molecule has 9 heteroatoms. The van der Waals surface area contributed by atoms with Crippen LogP contribution in [-0.4, -0.2) is 52.4 Å². The fourth-order valence-corrected chi connectivity index (χ4v) is 3.17. The highest BCUT2D eigenvalue weighted by atomic mass is 16.6. The van der Waals surface area contributed by atoms with Gasteiger partial charge in [0.25, 0.3) is 0 Å². The van der Waals surface area contributed by atoms with Gasteiger partial charge in [0.05, 0.1) is 6.54 Å². The zero-order valence-corrected chi connectivity index (χ0v) is 13.6. The monoisotopic (exact) mass is 335 g/mol. The second kappa shape index (κ2) is 5.64. The third-order valence-corrected chi connectivity index (χ3v) is 4.94. The van der Waals surface area contributed by atoms with Crippen LogP contribution in [0.3, 0.4) is 0 Å². The van der Waals surface area contributed by atoms with E-state index in [1.165, 1.54) is 0 Å². The second-order valence-corrected chi connectivity index (χ2v) is 6.85. The average molecular weight is 335 g/mol. The van der Waals surface area contributed by atoms with Crippen molar-refractivity contribution in [2.24, 2.45) is 0 Å². The first kappa shape index (κ1) is 15.2. The van der Waals surface area contributed by atoms with E-state index >= 15 is 0 Å². The van der Waals surface area contributed by atoms with Crippen molar-refractivity contribution in [3.8, 4) is 0 Å². The largest absolute Gasteiger partial charge is 0.441 e. The van der Waals surface area contributed by atoms with Gasteiger partial charge in [0, 0.05) is 31.8 Å². The average Bonchev–Trinajstić information content (AvgIpc) is 3.19. The van der Waals surface area contributed by atoms with E-state index < -0.39 is 5.60 Å². The van der Waals surface area contributed by atoms with E-state index in [0.29, 0.717) is 44.3 Å². The zero-order valence-electron chi connectivity index (χ0n) is 13.6. The Bertz CT molecular complexity index is 648. The molecular weight excluding hydrogens is 314 g/mol. The first-order valence-corrected chi connectivity index (χ1v) is 8.40. The van der Waals surface area contributed by atoms with Crippen LogP contribution in [0.4, 0.5) is 9.59 Å². The first-order chi connectivity index (χ1) is 11.5. The van der Waals surface area contributed by atoms with E-state index in [1.54, 1.807) is 4.90 Å². The number of alkyl carbamates (subject to hydrolysis) is 1. The number of likely N-dealkylation sites (tertiary alicyclic amines) is 1. The van der Waals surface area contributed by atoms with Gasteiger partial charge in [0.2, 0.25) is 5.89 Å². The summed E-state index contributed by atoms with van der Waals surface area (Å²) in [4.78, 5) is 29.7. The number of aromatic nitrogens is 2. The van der Waals surface area contributed by atoms with Gasteiger partial charge in [-0.3, -0.25) is 0 Å². The highest BCUT2D eigenvalue weighted by Gasteiger charge is 2.43. The standard InChI is InChI=1S/C15H21N5O4/c1-9(12-18-11(19-24-12)10-2-3-10)17-13(21)20-6-4-15(5-7-20)8-16-14(22)23-15/h9-10H,2-8H2,1H3,(H,16,22)(H,17,21). The van der Waals surface area contributed by atoms with Crippen LogP contribution in [0, 0.1) is 0 Å². The Kier molecular flexibility index (Phi) is 3.58. The number of amides is 3. The van der Waals surface area contributed by atoms with Gasteiger partial charge in [-0.25, -0.2) is 9.59 Å². The normalized spacial score (nSPS) is 23.7. The lowest BCUT2D eigenvalue weighted by atomic mass is 9.92. The molecule has 4 rings (SSSR count). The van der Waals surface area contributed by atoms with E-state index in [4.69, 9.17) is 9.26 Å². The lowest BCUT2D eigenvalue weighted by Gasteiger charge is -2.37. The molecule has 1 saturated carbocycles. The molecule has 1 aromatic heterocycles. The number of nitrogens with zero attached hydrogens (tertiary/aromatic N) is 3. The molecule has 3 heterocycles. The van der Waals surface area contributed by atoms with E-state index in [2.05, 4.69) is 20.8 Å². The number of nitrogens with one attached hydrogen (secondary N) is 2. The van der Waals surface area contributed by atoms with Gasteiger partial charge in [-0.1, -0.05) is 5.16 Å². The summed E-state index contributed by atoms with van der Waals surface area (Å²) in [6.45, 7) is 3.44. The Labute approximate surface area is 139 Å². The van der Waals surface area contributed by atoms with Crippen LogP contribution in [0.2, 0.25) is 0 Å². The number of urea groups is 1. The van der Waals surface area contributed by atoms with Gasteiger partial charge >= 0.3 is 12.1 Å². The van der Waals surface area contributed by atoms with Crippen molar-refractivity contribution in [2.45, 2.75) is 50.2 Å². The maximum atomic E-state index is 12.4. The molecule has 3 fully saturated rings. The molecule has 9 nitrogen and oxygen atoms in total. The molecule has 3 aliphatic rings. The lowest BCUT2D eigenvalue weighted by Crippen LogP contribution is -2.51. The minimum absolute atomic E-state index is 0.166. The highest BCUT2D eigenvalue weighted by molar-refractivity contribution is 5.75. The number of ether oxygens (including phenoxy) is 1. The number of piperidine rings is 1. The van der Waals surface area contributed by atoms with E-state index in [0.717, 1.165) is 18.7 Å². The maximum Gasteiger partial charge on any atom is 0.407 e. The van der Waals surface area contributed by atoms with Crippen LogP contribution in [0.1, 0.15) is 56.3 Å². The topological polar surface area (TPSA) is 110 Å². The number of hydrogen-bond acceptors (Lipinski definition) is 6. The molecular formula is C15H21N5O4. The summed E-state index contributed by atoms with van der Waals surface area (Å²) in [5.74, 6) is 1.60. The quantitative estimate of drug-likeness (QED) is 0.861. The van der Waals surface area contributed by atoms with Crippen molar-refractivity contribution >= 4 is 12.1 Å². The Hall–Kier alpha value is -2.32. The molecule has 0 radical (unpaired) electrons. The van der Waals surface area contributed by atoms with Crippen molar-refractivity contribution in [3.63, 3.8) is 0 Å². The summed E-state index contributed by atoms with van der Waals surface area (Å²) in [6.07, 6.45) is 3.12. The third kappa shape index (κ3) is 2.90. The van der Waals surface area contributed by atoms with Crippen molar-refractivity contribution < 1.29 is 18.8 Å². The molecule has 0 aromatic carbocycles. The molecule has 2 N–H and O–H groups in total. The summed E-state index contributed by atoms with van der Waals surface area (Å²) in [5, 5.41) is 9.55. The van der Waals surface area contributed by atoms with Crippen molar-refractivity contribution in [3.05, 3.63) is 11.7 Å². The molecule has 1 aromatic rings. The zero-order chi connectivity index (χ0) is 16.7. The lowest BCUT2D eigenvalue weighted by molar-refractivity contribution is 0.00949. The minimum atomic E-state index is -0.453. The summed E-state index contributed by atoms with van der Waals surface area (Å²) < 4.78 is 10.6. The van der Waals surface area contributed by atoms with Crippen LogP contribution in [-0.2, 0) is 4.74 Å². The third-order valence-electron chi connectivity index (χ3n) is 4.94. The van der Waals surface area contributed by atoms with Crippen LogP contribution < -0.4 is 10.6 Å². The van der Waals surface area contributed by atoms with E-state index in [1.807, 2.05) is 6.92 Å². The fraction of sp³-hybridized carbons (Fsp3) is 0.733. The number of rotatable bonds is 3. The number of carbonyl (C=O) groups excluding carboxylic acids is 2. The molecule has 1 unspecified atom stereocenters. The Morgan fingerprint density at radius 2 is 2.17 bits per heavy atom. The van der Waals surface area contributed by atoms with Crippen molar-refractivity contribution in [1.82, 2.24) is 25.7 Å². The molecule has 24 heavy (non-hydrogen) atoms. The molecule has 1 atom stereocenters. The Morgan fingerprint density at radius 1 is 1.42 bits per heavy atom. The van der Waals surface area contributed by atoms with E-state index in [9.17, 15) is 9.59 Å². The molecule has 1 spiro atoms. The van der Waals surface area contributed by atoms with Gasteiger partial charge in [-0.15, -0.1) is 0 Å². The van der Waals surface area contributed by atoms with Gasteiger partial charge in [0.15, 0.2) is 5.82 Å². The van der Waals surface area contributed by atoms with Gasteiger partial charge in [0.1, 0.15) is 11.6 Å². The van der Waals surface area contributed by atoms with Gasteiger partial charge in [-0.05, 0) is 19.8 Å². The summed E-state index contributed by atoms with van der Waals surface area (Å²) >= 11 is 0. The summed E-state index contributed by atoms with van der Waals surface area (Å²) in [6, 6.07) is -0.500. The van der Waals surface area contributed by atoms with Crippen molar-refractivity contribution in [2.75, 3.05) is 19.6 Å². The number of carbonyl (C=O) groups is 2. The van der Waals surface area contributed by atoms with Crippen LogP contribution in [0.15, 0.2) is 4.52 Å². The van der Waals surface area contributed by atoms with Crippen molar-refractivity contribution in [1.29, 1.82) is 0 Å². The summed E-state index contributed by atoms with van der Waals surface area (Å²) in [7, 11) is 0. The van der Waals surface area contributed by atoms with Crippen LogP contribution in [0.25, 0.3) is 0 Å². The van der Waals surface area contributed by atoms with E-state index in [-0.39, 0.29) is 18.2 Å². The van der Waals surface area contributed by atoms with Crippen LogP contribution >= 0.6 is 0 Å². The summed E-state index contributed by atoms with van der Waals surface area (Å²) in [5.41, 5.74) is -0.453. The Morgan fingerprint density at radius 3 is 2.79 bits per heavy atom. The SMILES string of the molecule is CC(NC(=O)N1CCC2(CC1)CNC(=O)O2)c1nc(C2CC2)no1. The van der Waals surface area contributed by atoms with Gasteiger partial charge < -0.3 is 24.8 Å². The highest BCUT2D eigenvalue weighted by Crippen LogP contribution is 2.38. The Balaban J connectivity index is 1.30. The molecule has 0 bridgehead atoms. The fourth-order valence-electron chi connectivity index (χ4n) is 3.17. The smallest absolute Gasteiger partial charge is 0.407 e. The predicted octanol–water partition coefficient (Wildman–Crippen LogP) is 1.29. The molecule has 2 saturated heterocycles. The van der Waals surface area contributed by atoms with Crippen LogP contribution in [0.5, 0.6) is 0 Å². The maximum absolute atomic E-state index is 12.4. The van der Waals surface area contributed by atoms with Gasteiger partial charge in [-0.2, -0.15) is 4.98 Å². The second-order valence-electron chi connectivity index (χ2n) is 6.85. The molecule has 3 amide bonds. The molecule has 2 aliphatic heterocycles.